The fourth-order valence-corrected chi connectivity index (χ4v) is 5.55. The van der Waals surface area contributed by atoms with E-state index in [2.05, 4.69) is 32.6 Å². The van der Waals surface area contributed by atoms with Crippen molar-refractivity contribution in [3.8, 4) is 0 Å². The third-order valence-corrected chi connectivity index (χ3v) is 7.73. The molecule has 0 saturated carbocycles. The van der Waals surface area contributed by atoms with Crippen LogP contribution in [0.5, 0.6) is 0 Å². The van der Waals surface area contributed by atoms with Gasteiger partial charge in [0.15, 0.2) is 0 Å². The van der Waals surface area contributed by atoms with E-state index in [1.54, 1.807) is 0 Å². The first-order valence-electron chi connectivity index (χ1n) is 11.6. The maximum absolute atomic E-state index is 14.7. The molecule has 2 aliphatic heterocycles. The van der Waals surface area contributed by atoms with Gasteiger partial charge in [-0.15, -0.1) is 0 Å². The first-order chi connectivity index (χ1) is 14.4. The Bertz CT molecular complexity index is 809. The van der Waals surface area contributed by atoms with Crippen LogP contribution >= 0.6 is 0 Å². The summed E-state index contributed by atoms with van der Waals surface area (Å²) in [5.74, 6) is -1.90. The number of hydrogen-bond acceptors (Lipinski definition) is 3. The molecule has 0 spiro atoms. The monoisotopic (exact) mass is 436 g/mol. The normalized spacial score (nSPS) is 32.5. The predicted octanol–water partition coefficient (Wildman–Crippen LogP) is 4.57. The molecular weight excluding hydrogens is 398 g/mol. The molecule has 2 fully saturated rings. The second-order valence-electron chi connectivity index (χ2n) is 10.6. The smallest absolute Gasteiger partial charge is 0.227 e. The van der Waals surface area contributed by atoms with Gasteiger partial charge in [0.05, 0.1) is 17.6 Å². The average Bonchev–Trinajstić information content (AvgIpc) is 3.12. The third kappa shape index (κ3) is 4.51. The van der Waals surface area contributed by atoms with Gasteiger partial charge in [-0.2, -0.15) is 0 Å². The highest BCUT2D eigenvalue weighted by molar-refractivity contribution is 5.81. The molecular formula is C25H38F2N2O2. The number of benzene rings is 1. The molecule has 2 heterocycles. The zero-order valence-corrected chi connectivity index (χ0v) is 19.8. The van der Waals surface area contributed by atoms with Crippen LogP contribution in [0.3, 0.4) is 0 Å². The van der Waals surface area contributed by atoms with E-state index in [1.165, 1.54) is 12.1 Å². The van der Waals surface area contributed by atoms with Crippen LogP contribution in [0.25, 0.3) is 0 Å². The molecule has 6 heteroatoms. The van der Waals surface area contributed by atoms with E-state index in [-0.39, 0.29) is 29.3 Å². The Kier molecular flexibility index (Phi) is 6.83. The Labute approximate surface area is 185 Å². The lowest BCUT2D eigenvalue weighted by atomic mass is 9.73. The minimum atomic E-state index is -0.915. The van der Waals surface area contributed by atoms with E-state index in [0.29, 0.717) is 31.6 Å². The zero-order chi connectivity index (χ0) is 23.1. The molecule has 2 saturated heterocycles. The Morgan fingerprint density at radius 2 is 1.90 bits per heavy atom. The van der Waals surface area contributed by atoms with Gasteiger partial charge in [-0.25, -0.2) is 8.78 Å². The molecule has 0 aliphatic carbocycles. The third-order valence-electron chi connectivity index (χ3n) is 7.73. The van der Waals surface area contributed by atoms with E-state index < -0.39 is 23.2 Å². The van der Waals surface area contributed by atoms with Crippen molar-refractivity contribution >= 4 is 5.91 Å². The van der Waals surface area contributed by atoms with Gasteiger partial charge in [0.2, 0.25) is 5.91 Å². The molecule has 3 rings (SSSR count). The van der Waals surface area contributed by atoms with Gasteiger partial charge < -0.3 is 10.0 Å². The van der Waals surface area contributed by atoms with Gasteiger partial charge in [-0.3, -0.25) is 9.69 Å². The number of piperidine rings is 1. The number of rotatable bonds is 4. The summed E-state index contributed by atoms with van der Waals surface area (Å²) in [5.41, 5.74) is -0.690. The van der Waals surface area contributed by atoms with Crippen molar-refractivity contribution in [3.63, 3.8) is 0 Å². The number of hydrogen-bond donors (Lipinski definition) is 1. The highest BCUT2D eigenvalue weighted by atomic mass is 19.1. The van der Waals surface area contributed by atoms with Gasteiger partial charge >= 0.3 is 0 Å². The van der Waals surface area contributed by atoms with Crippen molar-refractivity contribution in [1.29, 1.82) is 0 Å². The maximum atomic E-state index is 14.7. The van der Waals surface area contributed by atoms with Crippen LogP contribution in [0, 0.1) is 23.5 Å². The maximum Gasteiger partial charge on any atom is 0.227 e. The van der Waals surface area contributed by atoms with E-state index in [4.69, 9.17) is 0 Å². The summed E-state index contributed by atoms with van der Waals surface area (Å²) in [7, 11) is 0. The van der Waals surface area contributed by atoms with E-state index in [1.807, 2.05) is 18.7 Å². The second-order valence-corrected chi connectivity index (χ2v) is 10.6. The second kappa shape index (κ2) is 8.78. The Morgan fingerprint density at radius 3 is 2.48 bits per heavy atom. The summed E-state index contributed by atoms with van der Waals surface area (Å²) < 4.78 is 28.3. The molecule has 31 heavy (non-hydrogen) atoms. The van der Waals surface area contributed by atoms with Crippen LogP contribution in [0.15, 0.2) is 18.2 Å². The van der Waals surface area contributed by atoms with Crippen molar-refractivity contribution in [2.75, 3.05) is 19.6 Å². The summed E-state index contributed by atoms with van der Waals surface area (Å²) in [5, 5.41) is 11.4. The number of amides is 1. The molecule has 0 radical (unpaired) electrons. The van der Waals surface area contributed by atoms with Gasteiger partial charge in [0, 0.05) is 37.2 Å². The molecule has 174 valence electrons. The molecule has 0 unspecified atom stereocenters. The summed E-state index contributed by atoms with van der Waals surface area (Å²) in [6, 6.07) is 3.36. The highest BCUT2D eigenvalue weighted by Crippen LogP contribution is 2.42. The van der Waals surface area contributed by atoms with Crippen molar-refractivity contribution in [1.82, 2.24) is 9.80 Å². The summed E-state index contributed by atoms with van der Waals surface area (Å²) in [6.07, 6.45) is 2.24. The van der Waals surface area contributed by atoms with Crippen LogP contribution in [-0.2, 0) is 4.79 Å². The molecule has 1 N–H and O–H groups in total. The lowest BCUT2D eigenvalue weighted by molar-refractivity contribution is -0.158. The number of nitrogens with zero attached hydrogens (tertiary/aromatic N) is 2. The minimum absolute atomic E-state index is 0.0330. The Morgan fingerprint density at radius 1 is 1.23 bits per heavy atom. The molecule has 5 atom stereocenters. The highest BCUT2D eigenvalue weighted by Gasteiger charge is 2.50. The van der Waals surface area contributed by atoms with Crippen LogP contribution in [0.2, 0.25) is 0 Å². The SMILES string of the molecule is CCC[C@@]1(O)[C@H](C)N(C(=O)[C@@H]2CN(C(C)(C)C)C[C@H]2c2ccc(F)cc2F)CC[C@@H]1C. The van der Waals surface area contributed by atoms with Crippen LogP contribution in [-0.4, -0.2) is 57.6 Å². The van der Waals surface area contributed by atoms with Gasteiger partial charge in [0.1, 0.15) is 11.6 Å². The summed E-state index contributed by atoms with van der Waals surface area (Å²) in [4.78, 5) is 17.9. The fraction of sp³-hybridized carbons (Fsp3) is 0.720. The van der Waals surface area contributed by atoms with Gasteiger partial charge in [0.25, 0.3) is 0 Å². The van der Waals surface area contributed by atoms with Crippen LogP contribution in [0.4, 0.5) is 8.78 Å². The van der Waals surface area contributed by atoms with Crippen molar-refractivity contribution < 1.29 is 18.7 Å². The average molecular weight is 437 g/mol. The first kappa shape index (κ1) is 24.1. The lowest BCUT2D eigenvalue weighted by Crippen LogP contribution is -2.62. The van der Waals surface area contributed by atoms with Crippen LogP contribution < -0.4 is 0 Å². The summed E-state index contributed by atoms with van der Waals surface area (Å²) >= 11 is 0. The van der Waals surface area contributed by atoms with Crippen molar-refractivity contribution in [2.24, 2.45) is 11.8 Å². The van der Waals surface area contributed by atoms with E-state index in [0.717, 1.165) is 18.9 Å². The Hall–Kier alpha value is -1.53. The molecule has 0 aromatic heterocycles. The number of carbonyl (C=O) groups excluding carboxylic acids is 1. The van der Waals surface area contributed by atoms with Crippen molar-refractivity contribution in [2.45, 2.75) is 83.9 Å². The van der Waals surface area contributed by atoms with E-state index in [9.17, 15) is 18.7 Å². The number of halogens is 2. The zero-order valence-electron chi connectivity index (χ0n) is 19.8. The number of carbonyl (C=O) groups is 1. The number of aliphatic hydroxyl groups is 1. The molecule has 1 aromatic rings. The molecule has 1 aromatic carbocycles. The van der Waals surface area contributed by atoms with E-state index >= 15 is 0 Å². The molecule has 0 bridgehead atoms. The standard InChI is InChI=1S/C25H38F2N2O2/c1-7-11-25(31)16(2)10-12-29(17(25)3)23(30)21-15-28(24(4,5)6)14-20(21)19-9-8-18(26)13-22(19)27/h8-9,13,16-17,20-21,31H,7,10-12,14-15H2,1-6H3/t16-,17-,20-,21+,25-/m0/s1. The van der Waals surface area contributed by atoms with Crippen molar-refractivity contribution in [3.05, 3.63) is 35.4 Å². The molecule has 2 aliphatic rings. The molecule has 1 amide bonds. The predicted molar refractivity (Wildman–Crippen MR) is 119 cm³/mol. The largest absolute Gasteiger partial charge is 0.387 e. The first-order valence-corrected chi connectivity index (χ1v) is 11.6. The van der Waals surface area contributed by atoms with Gasteiger partial charge in [-0.1, -0.05) is 26.3 Å². The quantitative estimate of drug-likeness (QED) is 0.752. The Balaban J connectivity index is 1.94. The summed E-state index contributed by atoms with van der Waals surface area (Å²) in [6.45, 7) is 14.0. The van der Waals surface area contributed by atoms with Crippen LogP contribution in [0.1, 0.15) is 72.3 Å². The topological polar surface area (TPSA) is 43.8 Å². The van der Waals surface area contributed by atoms with Gasteiger partial charge in [-0.05, 0) is 58.1 Å². The minimum Gasteiger partial charge on any atom is -0.387 e. The lowest BCUT2D eigenvalue weighted by Gasteiger charge is -2.50. The fourth-order valence-electron chi connectivity index (χ4n) is 5.55. The number of likely N-dealkylation sites (tertiary alicyclic amines) is 2. The molecule has 4 nitrogen and oxygen atoms in total.